The van der Waals surface area contributed by atoms with Crippen LogP contribution in [0.3, 0.4) is 0 Å². The fourth-order valence-corrected chi connectivity index (χ4v) is 1.25. The van der Waals surface area contributed by atoms with Crippen LogP contribution in [0.1, 0.15) is 11.3 Å². The maximum atomic E-state index is 4.71. The summed E-state index contributed by atoms with van der Waals surface area (Å²) in [4.78, 5) is 0. The second kappa shape index (κ2) is 5.74. The third-order valence-electron chi connectivity index (χ3n) is 2.02. The van der Waals surface area contributed by atoms with Gasteiger partial charge < -0.3 is 9.84 Å². The highest BCUT2D eigenvalue weighted by atomic mass is 16.5. The average Bonchev–Trinajstić information content (AvgIpc) is 2.83. The number of hydrogen-bond donors (Lipinski definition) is 1. The van der Waals surface area contributed by atoms with Crippen LogP contribution in [-0.2, 0) is 6.54 Å². The molecule has 0 saturated heterocycles. The molecule has 0 aliphatic rings. The first-order valence-corrected chi connectivity index (χ1v) is 5.09. The molecule has 1 aromatic heterocycles. The van der Waals surface area contributed by atoms with Crippen molar-refractivity contribution in [1.82, 2.24) is 10.5 Å². The summed E-state index contributed by atoms with van der Waals surface area (Å²) in [5.41, 5.74) is 1.92. The predicted octanol–water partition coefficient (Wildman–Crippen LogP) is 1.82. The van der Waals surface area contributed by atoms with Crippen LogP contribution in [0, 0.1) is 11.8 Å². The van der Waals surface area contributed by atoms with Gasteiger partial charge in [0, 0.05) is 18.2 Å². The van der Waals surface area contributed by atoms with Crippen molar-refractivity contribution in [3.63, 3.8) is 0 Å². The minimum Gasteiger partial charge on any atom is -0.364 e. The molecule has 0 atom stereocenters. The summed E-state index contributed by atoms with van der Waals surface area (Å²) in [6, 6.07) is 11.8. The van der Waals surface area contributed by atoms with Gasteiger partial charge in [-0.2, -0.15) is 0 Å². The molecule has 0 bridgehead atoms. The van der Waals surface area contributed by atoms with Gasteiger partial charge in [0.15, 0.2) is 0 Å². The highest BCUT2D eigenvalue weighted by Gasteiger charge is 1.92. The smallest absolute Gasteiger partial charge is 0.124 e. The quantitative estimate of drug-likeness (QED) is 0.623. The lowest BCUT2D eigenvalue weighted by atomic mass is 10.2. The van der Waals surface area contributed by atoms with Crippen LogP contribution in [0.2, 0.25) is 0 Å². The minimum absolute atomic E-state index is 0.641. The van der Waals surface area contributed by atoms with Crippen molar-refractivity contribution in [3.05, 3.63) is 53.9 Å². The molecule has 2 aromatic rings. The Bertz CT molecular complexity index is 466. The monoisotopic (exact) mass is 212 g/mol. The molecule has 3 heteroatoms. The summed E-state index contributed by atoms with van der Waals surface area (Å²) < 4.78 is 4.71. The Morgan fingerprint density at radius 2 is 2.06 bits per heavy atom. The van der Waals surface area contributed by atoms with Crippen LogP contribution < -0.4 is 5.32 Å². The first-order valence-electron chi connectivity index (χ1n) is 5.09. The lowest BCUT2D eigenvalue weighted by Crippen LogP contribution is -2.13. The van der Waals surface area contributed by atoms with Gasteiger partial charge in [0.25, 0.3) is 0 Å². The van der Waals surface area contributed by atoms with E-state index in [4.69, 9.17) is 4.52 Å². The second-order valence-corrected chi connectivity index (χ2v) is 3.26. The second-order valence-electron chi connectivity index (χ2n) is 3.26. The Morgan fingerprint density at radius 1 is 1.19 bits per heavy atom. The molecule has 1 aromatic carbocycles. The van der Waals surface area contributed by atoms with Crippen molar-refractivity contribution >= 4 is 0 Å². The van der Waals surface area contributed by atoms with Crippen LogP contribution in [-0.4, -0.2) is 11.7 Å². The SMILES string of the molecule is C(#Cc1ccccc1)CNCc1ccon1. The molecule has 1 heterocycles. The molecule has 0 aliphatic carbocycles. The molecule has 0 spiro atoms. The summed E-state index contributed by atoms with van der Waals surface area (Å²) in [6.45, 7) is 1.32. The zero-order chi connectivity index (χ0) is 11.1. The molecule has 0 unspecified atom stereocenters. The van der Waals surface area contributed by atoms with E-state index in [9.17, 15) is 0 Å². The Balaban J connectivity index is 1.74. The van der Waals surface area contributed by atoms with Gasteiger partial charge in [-0.3, -0.25) is 0 Å². The van der Waals surface area contributed by atoms with Crippen molar-refractivity contribution in [1.29, 1.82) is 0 Å². The molecule has 16 heavy (non-hydrogen) atoms. The Morgan fingerprint density at radius 3 is 2.81 bits per heavy atom. The van der Waals surface area contributed by atoms with E-state index in [0.29, 0.717) is 13.1 Å². The van der Waals surface area contributed by atoms with Crippen molar-refractivity contribution in [2.75, 3.05) is 6.54 Å². The summed E-state index contributed by atoms with van der Waals surface area (Å²) in [5.74, 6) is 6.11. The van der Waals surface area contributed by atoms with Crippen LogP contribution in [0.4, 0.5) is 0 Å². The van der Waals surface area contributed by atoms with E-state index in [2.05, 4.69) is 22.3 Å². The number of rotatable bonds is 3. The molecular weight excluding hydrogens is 200 g/mol. The predicted molar refractivity (Wildman–Crippen MR) is 61.5 cm³/mol. The normalized spacial score (nSPS) is 9.50. The van der Waals surface area contributed by atoms with E-state index in [-0.39, 0.29) is 0 Å². The van der Waals surface area contributed by atoms with Crippen molar-refractivity contribution in [2.24, 2.45) is 0 Å². The first-order chi connectivity index (χ1) is 7.95. The van der Waals surface area contributed by atoms with Gasteiger partial charge in [0.1, 0.15) is 6.26 Å². The van der Waals surface area contributed by atoms with E-state index in [1.54, 1.807) is 6.26 Å². The summed E-state index contributed by atoms with van der Waals surface area (Å²) in [7, 11) is 0. The van der Waals surface area contributed by atoms with Crippen LogP contribution in [0.5, 0.6) is 0 Å². The van der Waals surface area contributed by atoms with Gasteiger partial charge in [-0.1, -0.05) is 35.2 Å². The topological polar surface area (TPSA) is 38.1 Å². The lowest BCUT2D eigenvalue weighted by molar-refractivity contribution is 0.409. The summed E-state index contributed by atoms with van der Waals surface area (Å²) >= 11 is 0. The van der Waals surface area contributed by atoms with E-state index >= 15 is 0 Å². The van der Waals surface area contributed by atoms with Crippen molar-refractivity contribution in [2.45, 2.75) is 6.54 Å². The number of aromatic nitrogens is 1. The van der Waals surface area contributed by atoms with E-state index in [0.717, 1.165) is 11.3 Å². The fraction of sp³-hybridized carbons (Fsp3) is 0.154. The van der Waals surface area contributed by atoms with Gasteiger partial charge in [-0.25, -0.2) is 0 Å². The third kappa shape index (κ3) is 3.26. The molecule has 1 N–H and O–H groups in total. The van der Waals surface area contributed by atoms with Gasteiger partial charge in [-0.05, 0) is 12.1 Å². The Labute approximate surface area is 94.5 Å². The Kier molecular flexibility index (Phi) is 3.75. The summed E-state index contributed by atoms with van der Waals surface area (Å²) in [6.07, 6.45) is 1.56. The van der Waals surface area contributed by atoms with Crippen LogP contribution in [0.15, 0.2) is 47.2 Å². The van der Waals surface area contributed by atoms with Gasteiger partial charge >= 0.3 is 0 Å². The summed E-state index contributed by atoms with van der Waals surface area (Å²) in [5, 5.41) is 6.95. The molecule has 0 aliphatic heterocycles. The maximum absolute atomic E-state index is 4.71. The lowest BCUT2D eigenvalue weighted by Gasteiger charge is -1.93. The molecule has 0 radical (unpaired) electrons. The highest BCUT2D eigenvalue weighted by Crippen LogP contribution is 1.94. The number of nitrogens with zero attached hydrogens (tertiary/aromatic N) is 1. The third-order valence-corrected chi connectivity index (χ3v) is 2.02. The zero-order valence-electron chi connectivity index (χ0n) is 8.81. The molecule has 0 saturated carbocycles. The molecule has 3 nitrogen and oxygen atoms in total. The van der Waals surface area contributed by atoms with Crippen molar-refractivity contribution < 1.29 is 4.52 Å². The number of benzene rings is 1. The van der Waals surface area contributed by atoms with Gasteiger partial charge in [0.05, 0.1) is 12.2 Å². The van der Waals surface area contributed by atoms with E-state index < -0.39 is 0 Å². The molecule has 0 fully saturated rings. The van der Waals surface area contributed by atoms with E-state index in [1.807, 2.05) is 36.4 Å². The molecule has 80 valence electrons. The van der Waals surface area contributed by atoms with Crippen LogP contribution >= 0.6 is 0 Å². The van der Waals surface area contributed by atoms with Gasteiger partial charge in [0.2, 0.25) is 0 Å². The maximum Gasteiger partial charge on any atom is 0.124 e. The standard InChI is InChI=1S/C13H12N2O/c1-2-5-12(6-3-1)7-4-9-14-11-13-8-10-16-15-13/h1-3,5-6,8,10,14H,9,11H2. The molecule has 0 amide bonds. The van der Waals surface area contributed by atoms with E-state index in [1.165, 1.54) is 0 Å². The number of hydrogen-bond acceptors (Lipinski definition) is 3. The first kappa shape index (κ1) is 10.5. The van der Waals surface area contributed by atoms with Crippen LogP contribution in [0.25, 0.3) is 0 Å². The Hall–Kier alpha value is -2.05. The molecular formula is C13H12N2O. The van der Waals surface area contributed by atoms with Gasteiger partial charge in [-0.15, -0.1) is 0 Å². The molecule has 2 rings (SSSR count). The minimum atomic E-state index is 0.641. The number of nitrogens with one attached hydrogen (secondary N) is 1. The zero-order valence-corrected chi connectivity index (χ0v) is 8.81. The highest BCUT2D eigenvalue weighted by molar-refractivity contribution is 5.33. The van der Waals surface area contributed by atoms with Crippen molar-refractivity contribution in [3.8, 4) is 11.8 Å². The largest absolute Gasteiger partial charge is 0.364 e. The average molecular weight is 212 g/mol. The fourth-order valence-electron chi connectivity index (χ4n) is 1.25.